The van der Waals surface area contributed by atoms with E-state index in [0.717, 1.165) is 11.3 Å². The van der Waals surface area contributed by atoms with Crippen molar-refractivity contribution in [1.29, 1.82) is 5.26 Å². The van der Waals surface area contributed by atoms with E-state index in [4.69, 9.17) is 5.26 Å². The van der Waals surface area contributed by atoms with Gasteiger partial charge in [0.2, 0.25) is 0 Å². The predicted octanol–water partition coefficient (Wildman–Crippen LogP) is 5.00. The van der Waals surface area contributed by atoms with Gasteiger partial charge in [0, 0.05) is 53.7 Å². The first-order valence-electron chi connectivity index (χ1n) is 12.6. The molecule has 5 aromatic heterocycles. The summed E-state index contributed by atoms with van der Waals surface area (Å²) in [7, 11) is 0. The summed E-state index contributed by atoms with van der Waals surface area (Å²) in [6.45, 7) is 5.68. The average molecular weight is 546 g/mol. The van der Waals surface area contributed by atoms with Gasteiger partial charge in [-0.05, 0) is 56.2 Å². The highest BCUT2D eigenvalue weighted by atomic mass is 19.1. The van der Waals surface area contributed by atoms with Gasteiger partial charge in [-0.1, -0.05) is 6.07 Å². The Balaban J connectivity index is 1.27. The number of nitriles is 1. The van der Waals surface area contributed by atoms with Crippen molar-refractivity contribution < 1.29 is 9.18 Å². The Kier molecular flexibility index (Phi) is 7.65. The summed E-state index contributed by atoms with van der Waals surface area (Å²) in [5, 5.41) is 15.1. The van der Waals surface area contributed by atoms with E-state index in [1.54, 1.807) is 50.6 Å². The molecule has 0 saturated heterocycles. The number of pyridine rings is 4. The molecule has 0 spiro atoms. The number of anilines is 2. The van der Waals surface area contributed by atoms with Crippen LogP contribution in [0, 0.1) is 37.9 Å². The van der Waals surface area contributed by atoms with Gasteiger partial charge in [-0.3, -0.25) is 24.7 Å². The van der Waals surface area contributed by atoms with Gasteiger partial charge in [-0.15, -0.1) is 0 Å². The minimum Gasteiger partial charge on any atom is -0.347 e. The number of hydrogen-bond donors (Lipinski definition) is 2. The van der Waals surface area contributed by atoms with Crippen molar-refractivity contribution in [3.63, 3.8) is 0 Å². The molecule has 5 rings (SSSR count). The molecule has 0 aromatic carbocycles. The van der Waals surface area contributed by atoms with Gasteiger partial charge in [0.1, 0.15) is 23.4 Å². The molecule has 5 aromatic rings. The molecule has 0 bridgehead atoms. The summed E-state index contributed by atoms with van der Waals surface area (Å²) in [5.74, 6) is 0.214. The fourth-order valence-electron chi connectivity index (χ4n) is 4.14. The first-order chi connectivity index (χ1) is 19.8. The minimum atomic E-state index is -0.427. The van der Waals surface area contributed by atoms with Crippen molar-refractivity contribution in [2.24, 2.45) is 0 Å². The summed E-state index contributed by atoms with van der Waals surface area (Å²) in [4.78, 5) is 38.9. The molecule has 0 aliphatic rings. The van der Waals surface area contributed by atoms with Gasteiger partial charge in [0.05, 0.1) is 29.3 Å². The van der Waals surface area contributed by atoms with Gasteiger partial charge < -0.3 is 10.6 Å². The van der Waals surface area contributed by atoms with E-state index in [0.29, 0.717) is 51.0 Å². The number of carbonyl (C=O) groups excluding carboxylic acids is 1. The van der Waals surface area contributed by atoms with Crippen LogP contribution in [0.4, 0.5) is 15.9 Å². The summed E-state index contributed by atoms with van der Waals surface area (Å²) in [6, 6.07) is 12.3. The van der Waals surface area contributed by atoms with Crippen LogP contribution in [-0.4, -0.2) is 35.8 Å². The van der Waals surface area contributed by atoms with Crippen LogP contribution in [0.5, 0.6) is 0 Å². The Morgan fingerprint density at radius 2 is 1.80 bits per heavy atom. The van der Waals surface area contributed by atoms with Crippen LogP contribution in [0.2, 0.25) is 0 Å². The number of rotatable bonds is 7. The Morgan fingerprint density at radius 1 is 0.951 bits per heavy atom. The van der Waals surface area contributed by atoms with Crippen molar-refractivity contribution in [3.05, 3.63) is 107 Å². The smallest absolute Gasteiger partial charge is 0.270 e. The summed E-state index contributed by atoms with van der Waals surface area (Å²) >= 11 is 0. The van der Waals surface area contributed by atoms with E-state index in [1.807, 2.05) is 19.1 Å². The molecule has 202 valence electrons. The van der Waals surface area contributed by atoms with Crippen molar-refractivity contribution in [2.75, 3.05) is 5.32 Å². The monoisotopic (exact) mass is 545 g/mol. The molecule has 2 N–H and O–H groups in total. The Hall–Kier alpha value is -5.63. The molecule has 10 nitrogen and oxygen atoms in total. The molecule has 41 heavy (non-hydrogen) atoms. The third-order valence-corrected chi connectivity index (χ3v) is 6.15. The number of aromatic nitrogens is 6. The molecule has 0 aliphatic carbocycles. The molecule has 1 amide bonds. The van der Waals surface area contributed by atoms with Crippen LogP contribution in [0.3, 0.4) is 0 Å². The number of halogens is 1. The van der Waals surface area contributed by atoms with Gasteiger partial charge in [-0.25, -0.2) is 14.4 Å². The lowest BCUT2D eigenvalue weighted by atomic mass is 10.1. The highest BCUT2D eigenvalue weighted by Crippen LogP contribution is 2.23. The van der Waals surface area contributed by atoms with Gasteiger partial charge >= 0.3 is 0 Å². The van der Waals surface area contributed by atoms with E-state index in [-0.39, 0.29) is 18.1 Å². The maximum absolute atomic E-state index is 13.6. The van der Waals surface area contributed by atoms with Crippen molar-refractivity contribution in [2.45, 2.75) is 27.3 Å². The van der Waals surface area contributed by atoms with E-state index < -0.39 is 5.82 Å². The lowest BCUT2D eigenvalue weighted by Gasteiger charge is -2.11. The van der Waals surface area contributed by atoms with Crippen LogP contribution in [0.1, 0.15) is 38.6 Å². The topological polar surface area (TPSA) is 142 Å². The molecule has 0 aliphatic heterocycles. The zero-order chi connectivity index (χ0) is 28.9. The quantitative estimate of drug-likeness (QED) is 0.289. The molecule has 0 saturated carbocycles. The maximum Gasteiger partial charge on any atom is 0.270 e. The maximum atomic E-state index is 13.6. The van der Waals surface area contributed by atoms with Gasteiger partial charge in [0.15, 0.2) is 5.82 Å². The number of aryl methyl sites for hydroxylation is 3. The molecule has 0 unspecified atom stereocenters. The van der Waals surface area contributed by atoms with Gasteiger partial charge in [-0.2, -0.15) is 5.26 Å². The summed E-state index contributed by atoms with van der Waals surface area (Å²) in [5.41, 5.74) is 6.05. The normalized spacial score (nSPS) is 10.6. The van der Waals surface area contributed by atoms with Crippen molar-refractivity contribution in [3.8, 4) is 28.7 Å². The number of nitrogens with zero attached hydrogens (tertiary/aromatic N) is 7. The standard InChI is InChI=1S/C30H24FN9O/c1-17-6-22(29-38-18(2)7-27(40-29)39-24-8-21(10-32)11-33-16-24)14-36-28(17)30(41)37-13-20-4-5-26(35-12-20)25-9-23(31)15-34-19(25)3/h4-9,11-12,14-16H,13H2,1-3H3,(H,37,41)(H,38,39,40). The largest absolute Gasteiger partial charge is 0.347 e. The van der Waals surface area contributed by atoms with Crippen LogP contribution in [0.15, 0.2) is 67.4 Å². The Labute approximate surface area is 235 Å². The Bertz CT molecular complexity index is 1800. The molecule has 5 heterocycles. The van der Waals surface area contributed by atoms with E-state index in [1.165, 1.54) is 18.5 Å². The minimum absolute atomic E-state index is 0.243. The number of carbonyl (C=O) groups is 1. The average Bonchev–Trinajstić information content (AvgIpc) is 2.97. The predicted molar refractivity (Wildman–Crippen MR) is 150 cm³/mol. The lowest BCUT2D eigenvalue weighted by Crippen LogP contribution is -2.24. The SMILES string of the molecule is Cc1cc(Nc2cncc(C#N)c2)nc(-c2cnc(C(=O)NCc3ccc(-c4cc(F)cnc4C)nc3)c(C)c2)n1. The zero-order valence-corrected chi connectivity index (χ0v) is 22.5. The van der Waals surface area contributed by atoms with Crippen molar-refractivity contribution >= 4 is 17.4 Å². The van der Waals surface area contributed by atoms with Crippen molar-refractivity contribution in [1.82, 2.24) is 35.2 Å². The second kappa shape index (κ2) is 11.6. The highest BCUT2D eigenvalue weighted by Gasteiger charge is 2.14. The first kappa shape index (κ1) is 27.0. The fraction of sp³-hybridized carbons (Fsp3) is 0.133. The number of amides is 1. The van der Waals surface area contributed by atoms with E-state index in [2.05, 4.69) is 46.6 Å². The number of hydrogen-bond acceptors (Lipinski definition) is 9. The molecular weight excluding hydrogens is 521 g/mol. The highest BCUT2D eigenvalue weighted by molar-refractivity contribution is 5.94. The molecule has 0 fully saturated rings. The third kappa shape index (κ3) is 6.34. The fourth-order valence-corrected chi connectivity index (χ4v) is 4.14. The van der Waals surface area contributed by atoms with E-state index >= 15 is 0 Å². The van der Waals surface area contributed by atoms with Gasteiger partial charge in [0.25, 0.3) is 5.91 Å². The molecule has 0 atom stereocenters. The van der Waals surface area contributed by atoms with Crippen LogP contribution >= 0.6 is 0 Å². The summed E-state index contributed by atoms with van der Waals surface area (Å²) < 4.78 is 13.6. The second-order valence-electron chi connectivity index (χ2n) is 9.33. The Morgan fingerprint density at radius 3 is 2.56 bits per heavy atom. The number of nitrogens with one attached hydrogen (secondary N) is 2. The molecular formula is C30H24FN9O. The molecule has 11 heteroatoms. The summed E-state index contributed by atoms with van der Waals surface area (Å²) in [6.07, 6.45) is 7.45. The van der Waals surface area contributed by atoms with Crippen LogP contribution < -0.4 is 10.6 Å². The first-order valence-corrected chi connectivity index (χ1v) is 12.6. The van der Waals surface area contributed by atoms with Crippen LogP contribution in [0.25, 0.3) is 22.6 Å². The zero-order valence-electron chi connectivity index (χ0n) is 22.5. The van der Waals surface area contributed by atoms with Crippen LogP contribution in [-0.2, 0) is 6.54 Å². The second-order valence-corrected chi connectivity index (χ2v) is 9.33. The van der Waals surface area contributed by atoms with E-state index in [9.17, 15) is 9.18 Å². The third-order valence-electron chi connectivity index (χ3n) is 6.15. The lowest BCUT2D eigenvalue weighted by molar-refractivity contribution is 0.0945. The molecule has 0 radical (unpaired) electrons.